The van der Waals surface area contributed by atoms with Gasteiger partial charge in [-0.05, 0) is 24.8 Å². The third-order valence-electron chi connectivity index (χ3n) is 5.97. The third-order valence-corrected chi connectivity index (χ3v) is 10.3. The van der Waals surface area contributed by atoms with Crippen molar-refractivity contribution >= 4 is 30.6 Å². The van der Waals surface area contributed by atoms with Gasteiger partial charge in [0.05, 0.1) is 29.6 Å². The SMILES string of the molecule is C[Si](C)(c1ccccc1)[C@@H]1CCCC[C@H]1OC(=O)c1cc([N+](=O)[O-])cc([N+](=O)[O-])c1. The molecule has 0 unspecified atom stereocenters. The number of esters is 1. The monoisotopic (exact) mass is 428 g/mol. The number of benzene rings is 2. The molecule has 30 heavy (non-hydrogen) atoms. The molecule has 2 aromatic rings. The summed E-state index contributed by atoms with van der Waals surface area (Å²) in [6, 6.07) is 13.1. The fourth-order valence-electron chi connectivity index (χ4n) is 4.27. The molecule has 0 heterocycles. The second-order valence-electron chi connectivity index (χ2n) is 8.17. The first-order valence-electron chi connectivity index (χ1n) is 9.90. The number of rotatable bonds is 6. The van der Waals surface area contributed by atoms with E-state index in [0.717, 1.165) is 43.9 Å². The number of hydrogen-bond donors (Lipinski definition) is 0. The Balaban J connectivity index is 1.87. The number of nitro groups is 2. The molecule has 0 aromatic heterocycles. The Bertz CT molecular complexity index is 931. The zero-order valence-electron chi connectivity index (χ0n) is 16.9. The van der Waals surface area contributed by atoms with Crippen LogP contribution in [-0.4, -0.2) is 30.0 Å². The molecule has 9 heteroatoms. The maximum Gasteiger partial charge on any atom is 0.338 e. The van der Waals surface area contributed by atoms with Gasteiger partial charge in [0.1, 0.15) is 6.10 Å². The van der Waals surface area contributed by atoms with Crippen molar-refractivity contribution in [2.24, 2.45) is 0 Å². The van der Waals surface area contributed by atoms with Gasteiger partial charge in [-0.25, -0.2) is 4.79 Å². The highest BCUT2D eigenvalue weighted by Gasteiger charge is 2.42. The minimum Gasteiger partial charge on any atom is -0.459 e. The van der Waals surface area contributed by atoms with E-state index in [2.05, 4.69) is 25.2 Å². The first-order valence-corrected chi connectivity index (χ1v) is 13.0. The van der Waals surface area contributed by atoms with Crippen LogP contribution in [0.15, 0.2) is 48.5 Å². The van der Waals surface area contributed by atoms with Crippen LogP contribution < -0.4 is 5.19 Å². The fourth-order valence-corrected chi connectivity index (χ4v) is 7.84. The second-order valence-corrected chi connectivity index (χ2v) is 12.9. The van der Waals surface area contributed by atoms with Crippen molar-refractivity contribution in [1.29, 1.82) is 0 Å². The molecular formula is C21H24N2O6Si. The summed E-state index contributed by atoms with van der Waals surface area (Å²) in [4.78, 5) is 33.6. The lowest BCUT2D eigenvalue weighted by Crippen LogP contribution is -2.51. The van der Waals surface area contributed by atoms with E-state index in [1.54, 1.807) is 0 Å². The van der Waals surface area contributed by atoms with Crippen molar-refractivity contribution in [3.8, 4) is 0 Å². The van der Waals surface area contributed by atoms with Gasteiger partial charge in [0.15, 0.2) is 0 Å². The molecule has 3 rings (SSSR count). The van der Waals surface area contributed by atoms with Gasteiger partial charge in [0.2, 0.25) is 0 Å². The molecule has 158 valence electrons. The maximum absolute atomic E-state index is 12.8. The number of hydrogen-bond acceptors (Lipinski definition) is 6. The van der Waals surface area contributed by atoms with E-state index in [9.17, 15) is 25.0 Å². The van der Waals surface area contributed by atoms with Crippen LogP contribution in [0.5, 0.6) is 0 Å². The van der Waals surface area contributed by atoms with Gasteiger partial charge in [-0.15, -0.1) is 0 Å². The standard InChI is InChI=1S/C21H24N2O6Si/c1-30(2,18-8-4-3-5-9-18)20-11-7-6-10-19(20)29-21(24)15-12-16(22(25)26)14-17(13-15)23(27)28/h3-5,8-9,12-14,19-20H,6-7,10-11H2,1-2H3/t19-,20-/m1/s1. The predicted molar refractivity (Wildman–Crippen MR) is 115 cm³/mol. The minimum atomic E-state index is -1.96. The highest BCUT2D eigenvalue weighted by molar-refractivity contribution is 6.91. The van der Waals surface area contributed by atoms with Gasteiger partial charge in [-0.2, -0.15) is 0 Å². The zero-order chi connectivity index (χ0) is 21.9. The number of carbonyl (C=O) groups is 1. The molecule has 0 N–H and O–H groups in total. The van der Waals surface area contributed by atoms with E-state index >= 15 is 0 Å². The molecule has 0 aliphatic heterocycles. The predicted octanol–water partition coefficient (Wildman–Crippen LogP) is 4.59. The molecule has 0 bridgehead atoms. The number of carbonyl (C=O) groups excluding carboxylic acids is 1. The fraction of sp³-hybridized carbons (Fsp3) is 0.381. The van der Waals surface area contributed by atoms with Crippen LogP contribution in [0, 0.1) is 20.2 Å². The van der Waals surface area contributed by atoms with Crippen molar-refractivity contribution in [2.45, 2.75) is 50.4 Å². The topological polar surface area (TPSA) is 113 Å². The van der Waals surface area contributed by atoms with Crippen LogP contribution in [0.3, 0.4) is 0 Å². The number of nitrogens with zero attached hydrogens (tertiary/aromatic N) is 2. The summed E-state index contributed by atoms with van der Waals surface area (Å²) in [5.74, 6) is -0.753. The molecule has 1 saturated carbocycles. The summed E-state index contributed by atoms with van der Waals surface area (Å²) in [5, 5.41) is 23.5. The molecule has 2 aromatic carbocycles. The van der Waals surface area contributed by atoms with E-state index in [1.165, 1.54) is 5.19 Å². The van der Waals surface area contributed by atoms with Crippen LogP contribution in [0.25, 0.3) is 0 Å². The van der Waals surface area contributed by atoms with Crippen LogP contribution in [0.4, 0.5) is 11.4 Å². The molecule has 1 aliphatic rings. The van der Waals surface area contributed by atoms with E-state index in [4.69, 9.17) is 4.74 Å². The van der Waals surface area contributed by atoms with Crippen LogP contribution in [0.2, 0.25) is 18.6 Å². The number of ether oxygens (including phenoxy) is 1. The van der Waals surface area contributed by atoms with Crippen molar-refractivity contribution in [1.82, 2.24) is 0 Å². The van der Waals surface area contributed by atoms with Gasteiger partial charge in [0, 0.05) is 12.1 Å². The highest BCUT2D eigenvalue weighted by Crippen LogP contribution is 2.39. The van der Waals surface area contributed by atoms with Gasteiger partial charge in [-0.1, -0.05) is 55.0 Å². The van der Waals surface area contributed by atoms with Crippen molar-refractivity contribution in [2.75, 3.05) is 0 Å². The second kappa shape index (κ2) is 8.74. The largest absolute Gasteiger partial charge is 0.459 e. The zero-order valence-corrected chi connectivity index (χ0v) is 17.9. The summed E-state index contributed by atoms with van der Waals surface area (Å²) in [6.07, 6.45) is 3.34. The average molecular weight is 429 g/mol. The lowest BCUT2D eigenvalue weighted by molar-refractivity contribution is -0.394. The molecule has 1 aliphatic carbocycles. The smallest absolute Gasteiger partial charge is 0.338 e. The first kappa shape index (κ1) is 21.6. The first-order chi connectivity index (χ1) is 14.2. The lowest BCUT2D eigenvalue weighted by Gasteiger charge is -2.41. The summed E-state index contributed by atoms with van der Waals surface area (Å²) in [6.45, 7) is 4.52. The molecule has 0 saturated heterocycles. The van der Waals surface area contributed by atoms with Crippen molar-refractivity contribution in [3.05, 3.63) is 74.3 Å². The maximum atomic E-state index is 12.8. The van der Waals surface area contributed by atoms with E-state index in [1.807, 2.05) is 18.2 Å². The van der Waals surface area contributed by atoms with E-state index in [-0.39, 0.29) is 17.2 Å². The van der Waals surface area contributed by atoms with Gasteiger partial charge in [0.25, 0.3) is 11.4 Å². The Morgan fingerprint density at radius 2 is 1.53 bits per heavy atom. The summed E-state index contributed by atoms with van der Waals surface area (Å²) >= 11 is 0. The Morgan fingerprint density at radius 3 is 2.10 bits per heavy atom. The van der Waals surface area contributed by atoms with Crippen LogP contribution in [0.1, 0.15) is 36.0 Å². The van der Waals surface area contributed by atoms with Gasteiger partial charge < -0.3 is 4.74 Å². The highest BCUT2D eigenvalue weighted by atomic mass is 28.3. The van der Waals surface area contributed by atoms with Crippen LogP contribution >= 0.6 is 0 Å². The van der Waals surface area contributed by atoms with E-state index < -0.39 is 35.3 Å². The molecule has 1 fully saturated rings. The third kappa shape index (κ3) is 4.56. The quantitative estimate of drug-likeness (QED) is 0.288. The molecular weight excluding hydrogens is 404 g/mol. The van der Waals surface area contributed by atoms with Gasteiger partial charge in [-0.3, -0.25) is 20.2 Å². The Labute approximate surface area is 175 Å². The normalized spacial score (nSPS) is 19.1. The van der Waals surface area contributed by atoms with Gasteiger partial charge >= 0.3 is 5.97 Å². The van der Waals surface area contributed by atoms with Crippen molar-refractivity contribution in [3.63, 3.8) is 0 Å². The summed E-state index contributed by atoms with van der Waals surface area (Å²) in [7, 11) is -1.96. The average Bonchev–Trinajstić information content (AvgIpc) is 2.74. The lowest BCUT2D eigenvalue weighted by atomic mass is 9.97. The Kier molecular flexibility index (Phi) is 6.30. The molecule has 2 atom stereocenters. The summed E-state index contributed by atoms with van der Waals surface area (Å²) < 4.78 is 5.82. The van der Waals surface area contributed by atoms with E-state index in [0.29, 0.717) is 0 Å². The molecule has 0 spiro atoms. The Morgan fingerprint density at radius 1 is 0.967 bits per heavy atom. The number of non-ortho nitro benzene ring substituents is 2. The minimum absolute atomic E-state index is 0.167. The molecule has 0 amide bonds. The van der Waals surface area contributed by atoms with Crippen molar-refractivity contribution < 1.29 is 19.4 Å². The Hall–Kier alpha value is -3.07. The molecule has 8 nitrogen and oxygen atoms in total. The molecule has 0 radical (unpaired) electrons. The number of nitro benzene ring substituents is 2. The van der Waals surface area contributed by atoms with Crippen LogP contribution in [-0.2, 0) is 4.74 Å². The summed E-state index contributed by atoms with van der Waals surface area (Å²) in [5.41, 5.74) is -0.976.